The Bertz CT molecular complexity index is 1640. The van der Waals surface area contributed by atoms with E-state index in [2.05, 4.69) is 4.98 Å². The average molecular weight is 623 g/mol. The number of benzene rings is 3. The van der Waals surface area contributed by atoms with Crippen LogP contribution in [0.5, 0.6) is 11.5 Å². The molecule has 0 saturated carbocycles. The van der Waals surface area contributed by atoms with E-state index in [9.17, 15) is 19.7 Å². The van der Waals surface area contributed by atoms with E-state index >= 15 is 0 Å². The fraction of sp³-hybridized carbons (Fsp3) is 0.258. The normalized spacial score (nSPS) is 10.8. The van der Waals surface area contributed by atoms with E-state index in [4.69, 9.17) is 30.5 Å². The molecule has 0 aliphatic heterocycles. The highest BCUT2D eigenvalue weighted by molar-refractivity contribution is 6.33. The third kappa shape index (κ3) is 7.16. The molecule has 230 valence electrons. The number of hydrogen-bond donors (Lipinski definition) is 0. The van der Waals surface area contributed by atoms with Crippen LogP contribution in [0.25, 0.3) is 5.69 Å². The molecule has 3 aromatic carbocycles. The van der Waals surface area contributed by atoms with Gasteiger partial charge in [0.25, 0.3) is 11.2 Å². The van der Waals surface area contributed by atoms with Crippen LogP contribution in [0.1, 0.15) is 27.0 Å². The second kappa shape index (κ2) is 14.5. The molecule has 0 fully saturated rings. The van der Waals surface area contributed by atoms with Gasteiger partial charge in [-0.25, -0.2) is 9.78 Å². The van der Waals surface area contributed by atoms with Crippen molar-refractivity contribution in [3.63, 3.8) is 0 Å². The summed E-state index contributed by atoms with van der Waals surface area (Å²) >= 11 is 6.52. The summed E-state index contributed by atoms with van der Waals surface area (Å²) in [6, 6.07) is 17.4. The Hall–Kier alpha value is -4.94. The molecule has 13 heteroatoms. The first-order valence-corrected chi connectivity index (χ1v) is 13.7. The molecule has 0 amide bonds. The van der Waals surface area contributed by atoms with Gasteiger partial charge in [-0.3, -0.25) is 19.5 Å². The number of nitro groups is 1. The molecule has 0 atom stereocenters. The number of hydrogen-bond acceptors (Lipinski definition) is 10. The van der Waals surface area contributed by atoms with Crippen LogP contribution in [-0.4, -0.2) is 55.5 Å². The monoisotopic (exact) mass is 622 g/mol. The maximum absolute atomic E-state index is 14.0. The van der Waals surface area contributed by atoms with E-state index in [0.29, 0.717) is 30.1 Å². The number of ether oxygens (including phenoxy) is 4. The largest absolute Gasteiger partial charge is 0.497 e. The highest BCUT2D eigenvalue weighted by Gasteiger charge is 2.29. The van der Waals surface area contributed by atoms with Crippen molar-refractivity contribution in [3.8, 4) is 17.2 Å². The molecule has 0 bridgehead atoms. The number of anilines is 1. The summed E-state index contributed by atoms with van der Waals surface area (Å²) < 4.78 is 21.5. The molecule has 12 nitrogen and oxygen atoms in total. The van der Waals surface area contributed by atoms with Crippen molar-refractivity contribution in [2.45, 2.75) is 19.5 Å². The quantitative estimate of drug-likeness (QED) is 0.114. The van der Waals surface area contributed by atoms with Gasteiger partial charge in [0.15, 0.2) is 11.4 Å². The minimum atomic E-state index is -0.961. The zero-order valence-electron chi connectivity index (χ0n) is 24.6. The standard InChI is InChI=1S/C31H31ClN4O8/c1-41-14-13-22-15-25(32)28(26(16-22)36(39)40)35-19-33-29(27(30(35)37)31(38)44-4)34(17-20-5-9-23(42-2)10-6-20)18-21-7-11-24(43-3)12-8-21/h5-12,15-16,19H,13-14,17-18H2,1-4H3. The smallest absolute Gasteiger partial charge is 0.347 e. The number of nitrogens with zero attached hydrogens (tertiary/aromatic N) is 4. The van der Waals surface area contributed by atoms with Gasteiger partial charge in [0.05, 0.1) is 37.9 Å². The van der Waals surface area contributed by atoms with Crippen molar-refractivity contribution in [1.29, 1.82) is 0 Å². The first-order chi connectivity index (χ1) is 21.2. The van der Waals surface area contributed by atoms with Crippen LogP contribution in [0, 0.1) is 10.1 Å². The minimum Gasteiger partial charge on any atom is -0.497 e. The number of carbonyl (C=O) groups excluding carboxylic acids is 1. The molecular weight excluding hydrogens is 592 g/mol. The molecule has 0 aliphatic rings. The van der Waals surface area contributed by atoms with Gasteiger partial charge < -0.3 is 23.8 Å². The van der Waals surface area contributed by atoms with Crippen LogP contribution in [0.2, 0.25) is 5.02 Å². The highest BCUT2D eigenvalue weighted by atomic mass is 35.5. The Morgan fingerprint density at radius 3 is 1.98 bits per heavy atom. The zero-order chi connectivity index (χ0) is 31.8. The Morgan fingerprint density at radius 1 is 0.932 bits per heavy atom. The highest BCUT2D eigenvalue weighted by Crippen LogP contribution is 2.32. The molecule has 4 rings (SSSR count). The molecule has 0 N–H and O–H groups in total. The van der Waals surface area contributed by atoms with E-state index in [1.54, 1.807) is 43.4 Å². The molecule has 0 spiro atoms. The van der Waals surface area contributed by atoms with Crippen LogP contribution in [-0.2, 0) is 29.0 Å². The summed E-state index contributed by atoms with van der Waals surface area (Å²) in [6.07, 6.45) is 1.49. The van der Waals surface area contributed by atoms with Crippen LogP contribution in [0.15, 0.2) is 71.8 Å². The number of carbonyl (C=O) groups is 1. The molecule has 0 unspecified atom stereocenters. The van der Waals surface area contributed by atoms with Crippen LogP contribution in [0.3, 0.4) is 0 Å². The van der Waals surface area contributed by atoms with Gasteiger partial charge in [0.2, 0.25) is 0 Å². The molecule has 44 heavy (non-hydrogen) atoms. The predicted octanol–water partition coefficient (Wildman–Crippen LogP) is 4.99. The summed E-state index contributed by atoms with van der Waals surface area (Å²) in [5.74, 6) is 0.397. The zero-order valence-corrected chi connectivity index (χ0v) is 25.4. The van der Waals surface area contributed by atoms with Gasteiger partial charge in [0, 0.05) is 26.3 Å². The topological polar surface area (TPSA) is 135 Å². The first kappa shape index (κ1) is 32.0. The number of aromatic nitrogens is 2. The maximum Gasteiger partial charge on any atom is 0.347 e. The van der Waals surface area contributed by atoms with Crippen LogP contribution < -0.4 is 19.9 Å². The average Bonchev–Trinajstić information content (AvgIpc) is 3.03. The number of methoxy groups -OCH3 is 4. The lowest BCUT2D eigenvalue weighted by atomic mass is 10.1. The predicted molar refractivity (Wildman–Crippen MR) is 164 cm³/mol. The lowest BCUT2D eigenvalue weighted by Crippen LogP contribution is -2.33. The molecule has 1 heterocycles. The molecule has 0 saturated heterocycles. The SMILES string of the molecule is COCCc1cc(Cl)c(-n2cnc(N(Cc3ccc(OC)cc3)Cc3ccc(OC)cc3)c(C(=O)OC)c2=O)c([N+](=O)[O-])c1. The summed E-state index contributed by atoms with van der Waals surface area (Å²) in [6.45, 7) is 0.797. The number of rotatable bonds is 13. The Kier molecular flexibility index (Phi) is 10.5. The fourth-order valence-corrected chi connectivity index (χ4v) is 4.94. The molecule has 0 aliphatic carbocycles. The van der Waals surface area contributed by atoms with E-state index in [1.165, 1.54) is 19.2 Å². The number of esters is 1. The van der Waals surface area contributed by atoms with Gasteiger partial charge >= 0.3 is 5.97 Å². The van der Waals surface area contributed by atoms with E-state index < -0.39 is 27.7 Å². The van der Waals surface area contributed by atoms with Crippen molar-refractivity contribution >= 4 is 29.1 Å². The van der Waals surface area contributed by atoms with Crippen molar-refractivity contribution in [2.24, 2.45) is 0 Å². The van der Waals surface area contributed by atoms with Crippen molar-refractivity contribution < 1.29 is 28.7 Å². The number of halogens is 1. The second-order valence-corrected chi connectivity index (χ2v) is 10.0. The summed E-state index contributed by atoms with van der Waals surface area (Å²) in [4.78, 5) is 44.9. The third-order valence-corrected chi connectivity index (χ3v) is 7.13. The fourth-order valence-electron chi connectivity index (χ4n) is 4.61. The summed E-state index contributed by atoms with van der Waals surface area (Å²) in [5.41, 5.74) is 0.284. The Morgan fingerprint density at radius 2 is 1.50 bits per heavy atom. The van der Waals surface area contributed by atoms with Crippen LogP contribution >= 0.6 is 11.6 Å². The van der Waals surface area contributed by atoms with E-state index in [-0.39, 0.29) is 29.6 Å². The molecule has 0 radical (unpaired) electrons. The molecule has 1 aromatic heterocycles. The third-order valence-electron chi connectivity index (χ3n) is 6.84. The number of nitro benzene ring substituents is 1. The van der Waals surface area contributed by atoms with Crippen molar-refractivity contribution in [3.05, 3.63) is 115 Å². The van der Waals surface area contributed by atoms with Crippen LogP contribution in [0.4, 0.5) is 11.5 Å². The Labute approximate surface area is 258 Å². The summed E-state index contributed by atoms with van der Waals surface area (Å²) in [5, 5.41) is 12.0. The van der Waals surface area contributed by atoms with Gasteiger partial charge in [-0.15, -0.1) is 0 Å². The lowest BCUT2D eigenvalue weighted by Gasteiger charge is -2.26. The van der Waals surface area contributed by atoms with Crippen molar-refractivity contribution in [1.82, 2.24) is 9.55 Å². The summed E-state index contributed by atoms with van der Waals surface area (Å²) in [7, 11) is 5.78. The van der Waals surface area contributed by atoms with E-state index in [1.807, 2.05) is 24.3 Å². The molecular formula is C31H31ClN4O8. The Balaban J connectivity index is 1.88. The lowest BCUT2D eigenvalue weighted by molar-refractivity contribution is -0.384. The van der Waals surface area contributed by atoms with Gasteiger partial charge in [0.1, 0.15) is 23.5 Å². The van der Waals surface area contributed by atoms with Crippen molar-refractivity contribution in [2.75, 3.05) is 39.9 Å². The molecule has 4 aromatic rings. The first-order valence-electron chi connectivity index (χ1n) is 13.4. The maximum atomic E-state index is 14.0. The van der Waals surface area contributed by atoms with Gasteiger partial charge in [-0.05, 0) is 53.4 Å². The minimum absolute atomic E-state index is 0.0280. The van der Waals surface area contributed by atoms with Gasteiger partial charge in [-0.1, -0.05) is 35.9 Å². The van der Waals surface area contributed by atoms with Gasteiger partial charge in [-0.2, -0.15) is 0 Å². The van der Waals surface area contributed by atoms with E-state index in [0.717, 1.165) is 29.1 Å². The second-order valence-electron chi connectivity index (χ2n) is 9.61.